The highest BCUT2D eigenvalue weighted by Gasteiger charge is 2.23. The number of hydrogen-bond donors (Lipinski definition) is 3. The summed E-state index contributed by atoms with van der Waals surface area (Å²) in [5, 5.41) is 12.0. The van der Waals surface area contributed by atoms with Crippen LogP contribution in [0.25, 0.3) is 0 Å². The summed E-state index contributed by atoms with van der Waals surface area (Å²) in [4.78, 5) is 36.7. The molecular formula is C19H23N3O6S2. The van der Waals surface area contributed by atoms with Gasteiger partial charge in [-0.2, -0.15) is 0 Å². The maximum absolute atomic E-state index is 12.1. The van der Waals surface area contributed by atoms with Gasteiger partial charge in [0.15, 0.2) is 6.10 Å². The Morgan fingerprint density at radius 2 is 1.80 bits per heavy atom. The lowest BCUT2D eigenvalue weighted by Crippen LogP contribution is -2.43. The van der Waals surface area contributed by atoms with Gasteiger partial charge in [0.2, 0.25) is 10.0 Å². The highest BCUT2D eigenvalue weighted by atomic mass is 32.2. The van der Waals surface area contributed by atoms with Crippen molar-refractivity contribution < 1.29 is 27.5 Å². The summed E-state index contributed by atoms with van der Waals surface area (Å²) in [5.41, 5.74) is 0.803. The van der Waals surface area contributed by atoms with Crippen LogP contribution in [0.3, 0.4) is 0 Å². The first-order valence-electron chi connectivity index (χ1n) is 9.02. The molecule has 0 aliphatic carbocycles. The van der Waals surface area contributed by atoms with Crippen LogP contribution < -0.4 is 15.8 Å². The van der Waals surface area contributed by atoms with E-state index < -0.39 is 34.0 Å². The number of thiophene rings is 1. The lowest BCUT2D eigenvalue weighted by molar-refractivity contribution is -0.156. The van der Waals surface area contributed by atoms with Crippen molar-refractivity contribution in [2.45, 2.75) is 37.3 Å². The van der Waals surface area contributed by atoms with Crippen LogP contribution in [0.4, 0.5) is 0 Å². The molecule has 2 atom stereocenters. The molecule has 0 fully saturated rings. The van der Waals surface area contributed by atoms with Crippen LogP contribution in [0.1, 0.15) is 29.1 Å². The molecule has 1 aromatic carbocycles. The van der Waals surface area contributed by atoms with E-state index in [2.05, 4.69) is 10.6 Å². The van der Waals surface area contributed by atoms with Gasteiger partial charge in [0.1, 0.15) is 6.04 Å². The standard InChI is InChI=1S/C19H23N3O6S2/c1-12(22-18(24)16-4-3-11-29-16)19(25)28-13(2)17(23)21-10-9-14-5-7-15(8-6-14)30(20,26)27/h3-8,11-13H,9-10H2,1-2H3,(H,21,23)(H,22,24)(H2,20,26,27). The lowest BCUT2D eigenvalue weighted by Gasteiger charge is -2.17. The lowest BCUT2D eigenvalue weighted by atomic mass is 10.1. The van der Waals surface area contributed by atoms with E-state index in [1.165, 1.54) is 37.3 Å². The Bertz CT molecular complexity index is 988. The first-order chi connectivity index (χ1) is 14.1. The van der Waals surface area contributed by atoms with Crippen molar-refractivity contribution in [3.05, 3.63) is 52.2 Å². The quantitative estimate of drug-likeness (QED) is 0.479. The fourth-order valence-corrected chi connectivity index (χ4v) is 3.53. The van der Waals surface area contributed by atoms with E-state index >= 15 is 0 Å². The van der Waals surface area contributed by atoms with Crippen molar-refractivity contribution in [3.8, 4) is 0 Å². The Hall–Kier alpha value is -2.76. The van der Waals surface area contributed by atoms with E-state index in [4.69, 9.17) is 9.88 Å². The zero-order chi connectivity index (χ0) is 22.3. The summed E-state index contributed by atoms with van der Waals surface area (Å²) in [6.45, 7) is 3.17. The molecule has 0 bridgehead atoms. The van der Waals surface area contributed by atoms with Gasteiger partial charge in [0.05, 0.1) is 9.77 Å². The molecule has 2 rings (SSSR count). The number of ether oxygens (including phenoxy) is 1. The van der Waals surface area contributed by atoms with E-state index in [1.54, 1.807) is 29.6 Å². The van der Waals surface area contributed by atoms with Crippen LogP contribution in [0.2, 0.25) is 0 Å². The van der Waals surface area contributed by atoms with Crippen molar-refractivity contribution in [1.82, 2.24) is 10.6 Å². The van der Waals surface area contributed by atoms with Crippen LogP contribution in [0.15, 0.2) is 46.7 Å². The monoisotopic (exact) mass is 453 g/mol. The Kier molecular flexibility index (Phi) is 8.09. The van der Waals surface area contributed by atoms with Crippen LogP contribution in [-0.2, 0) is 30.8 Å². The fourth-order valence-electron chi connectivity index (χ4n) is 2.38. The summed E-state index contributed by atoms with van der Waals surface area (Å²) < 4.78 is 27.6. The Morgan fingerprint density at radius 1 is 1.13 bits per heavy atom. The number of sulfonamides is 1. The fraction of sp³-hybridized carbons (Fsp3) is 0.316. The third-order valence-electron chi connectivity index (χ3n) is 4.07. The van der Waals surface area contributed by atoms with Gasteiger partial charge >= 0.3 is 5.97 Å². The van der Waals surface area contributed by atoms with Crippen LogP contribution in [0, 0.1) is 0 Å². The first-order valence-corrected chi connectivity index (χ1v) is 11.4. The number of benzene rings is 1. The van der Waals surface area contributed by atoms with Gasteiger partial charge in [-0.15, -0.1) is 11.3 Å². The minimum Gasteiger partial charge on any atom is -0.451 e. The summed E-state index contributed by atoms with van der Waals surface area (Å²) in [7, 11) is -3.75. The number of nitrogens with two attached hydrogens (primary N) is 1. The second-order valence-electron chi connectivity index (χ2n) is 6.48. The first kappa shape index (κ1) is 23.5. The van der Waals surface area contributed by atoms with Crippen molar-refractivity contribution in [2.24, 2.45) is 5.14 Å². The van der Waals surface area contributed by atoms with E-state index in [0.717, 1.165) is 5.56 Å². The molecule has 11 heteroatoms. The normalized spacial score (nSPS) is 13.2. The number of primary sulfonamides is 1. The predicted molar refractivity (Wildman–Crippen MR) is 111 cm³/mol. The summed E-state index contributed by atoms with van der Waals surface area (Å²) in [6, 6.07) is 8.44. The molecular weight excluding hydrogens is 430 g/mol. The van der Waals surface area contributed by atoms with E-state index in [1.807, 2.05) is 0 Å². The van der Waals surface area contributed by atoms with Gasteiger partial charge in [0.25, 0.3) is 11.8 Å². The molecule has 162 valence electrons. The van der Waals surface area contributed by atoms with Crippen molar-refractivity contribution >= 4 is 39.1 Å². The third-order valence-corrected chi connectivity index (χ3v) is 5.87. The van der Waals surface area contributed by atoms with E-state index in [0.29, 0.717) is 11.3 Å². The molecule has 4 N–H and O–H groups in total. The van der Waals surface area contributed by atoms with Gasteiger partial charge in [0, 0.05) is 6.54 Å². The molecule has 0 aliphatic rings. The Morgan fingerprint density at radius 3 is 2.37 bits per heavy atom. The minimum atomic E-state index is -3.75. The number of carbonyl (C=O) groups is 3. The number of amides is 2. The molecule has 9 nitrogen and oxygen atoms in total. The molecule has 2 amide bonds. The minimum absolute atomic E-state index is 0.0103. The number of rotatable bonds is 9. The van der Waals surface area contributed by atoms with Gasteiger partial charge in [-0.3, -0.25) is 9.59 Å². The van der Waals surface area contributed by atoms with Crippen molar-refractivity contribution in [3.63, 3.8) is 0 Å². The summed E-state index contributed by atoms with van der Waals surface area (Å²) >= 11 is 1.25. The Labute approximate surface area is 178 Å². The highest BCUT2D eigenvalue weighted by Crippen LogP contribution is 2.10. The molecule has 0 saturated carbocycles. The number of nitrogens with one attached hydrogen (secondary N) is 2. The largest absolute Gasteiger partial charge is 0.451 e. The van der Waals surface area contributed by atoms with E-state index in [-0.39, 0.29) is 17.3 Å². The van der Waals surface area contributed by atoms with Gasteiger partial charge < -0.3 is 15.4 Å². The molecule has 30 heavy (non-hydrogen) atoms. The average molecular weight is 454 g/mol. The number of esters is 1. The summed E-state index contributed by atoms with van der Waals surface area (Å²) in [5.74, 6) is -1.59. The third kappa shape index (κ3) is 6.94. The highest BCUT2D eigenvalue weighted by molar-refractivity contribution is 7.89. The number of carbonyl (C=O) groups excluding carboxylic acids is 3. The van der Waals surface area contributed by atoms with Gasteiger partial charge in [-0.1, -0.05) is 18.2 Å². The molecule has 1 heterocycles. The van der Waals surface area contributed by atoms with Crippen LogP contribution in [0.5, 0.6) is 0 Å². The topological polar surface area (TPSA) is 145 Å². The van der Waals surface area contributed by atoms with Crippen molar-refractivity contribution in [1.29, 1.82) is 0 Å². The molecule has 2 unspecified atom stereocenters. The maximum atomic E-state index is 12.1. The second kappa shape index (κ2) is 10.3. The molecule has 1 aromatic heterocycles. The number of hydrogen-bond acceptors (Lipinski definition) is 7. The molecule has 0 radical (unpaired) electrons. The Balaban J connectivity index is 1.75. The van der Waals surface area contributed by atoms with Crippen molar-refractivity contribution in [2.75, 3.05) is 6.54 Å². The molecule has 0 saturated heterocycles. The molecule has 0 spiro atoms. The SMILES string of the molecule is CC(NC(=O)c1cccs1)C(=O)OC(C)C(=O)NCCc1ccc(S(N)(=O)=O)cc1. The zero-order valence-corrected chi connectivity index (χ0v) is 18.1. The zero-order valence-electron chi connectivity index (χ0n) is 16.5. The van der Waals surface area contributed by atoms with Gasteiger partial charge in [-0.25, -0.2) is 18.4 Å². The smallest absolute Gasteiger partial charge is 0.329 e. The second-order valence-corrected chi connectivity index (χ2v) is 8.99. The van der Waals surface area contributed by atoms with E-state index in [9.17, 15) is 22.8 Å². The average Bonchev–Trinajstić information content (AvgIpc) is 3.22. The van der Waals surface area contributed by atoms with Crippen LogP contribution in [-0.4, -0.2) is 44.9 Å². The maximum Gasteiger partial charge on any atom is 0.329 e. The van der Waals surface area contributed by atoms with Gasteiger partial charge in [-0.05, 0) is 49.4 Å². The predicted octanol–water partition coefficient (Wildman–Crippen LogP) is 0.804. The molecule has 0 aliphatic heterocycles. The summed E-state index contributed by atoms with van der Waals surface area (Å²) in [6.07, 6.45) is -0.590. The molecule has 2 aromatic rings. The van der Waals surface area contributed by atoms with Crippen LogP contribution >= 0.6 is 11.3 Å².